The molecule has 0 radical (unpaired) electrons. The molecule has 1 aliphatic heterocycles. The van der Waals surface area contributed by atoms with Gasteiger partial charge in [-0.3, -0.25) is 4.79 Å². The Kier molecular flexibility index (Phi) is 3.57. The summed E-state index contributed by atoms with van der Waals surface area (Å²) in [6.45, 7) is 0. The summed E-state index contributed by atoms with van der Waals surface area (Å²) in [6, 6.07) is 8.49. The van der Waals surface area contributed by atoms with Crippen LogP contribution < -0.4 is 0 Å². The fourth-order valence-corrected chi connectivity index (χ4v) is 5.02. The Bertz CT molecular complexity index is 452. The van der Waals surface area contributed by atoms with Crippen molar-refractivity contribution >= 4 is 17.7 Å². The number of carbonyl (C=O) groups is 1. The number of thioether (sulfide) groups is 1. The van der Waals surface area contributed by atoms with E-state index in [2.05, 4.69) is 24.3 Å². The number of rotatable bonds is 3. The molecule has 1 heterocycles. The molecule has 1 aromatic rings. The first kappa shape index (κ1) is 13.0. The van der Waals surface area contributed by atoms with Crippen molar-refractivity contribution in [2.24, 2.45) is 5.41 Å². The standard InChI is InChI=1S/C16H20O2S/c17-15(18)16(8-4-1-5-9-16)11-13-10-12-6-2-3-7-14(12)19-13/h2-3,6-7,13H,1,4-5,8-11H2,(H,17,18). The second-order valence-electron chi connectivity index (χ2n) is 5.90. The summed E-state index contributed by atoms with van der Waals surface area (Å²) in [5.41, 5.74) is 0.951. The third-order valence-corrected chi connectivity index (χ3v) is 5.92. The number of carboxylic acids is 1. The van der Waals surface area contributed by atoms with Gasteiger partial charge in [0, 0.05) is 10.1 Å². The first-order chi connectivity index (χ1) is 9.20. The van der Waals surface area contributed by atoms with Crippen LogP contribution in [0.15, 0.2) is 29.2 Å². The molecule has 1 unspecified atom stereocenters. The second-order valence-corrected chi connectivity index (χ2v) is 7.24. The fraction of sp³-hybridized carbons (Fsp3) is 0.562. The normalized spacial score (nSPS) is 24.9. The van der Waals surface area contributed by atoms with Crippen LogP contribution in [0.4, 0.5) is 0 Å². The van der Waals surface area contributed by atoms with Crippen molar-refractivity contribution in [2.45, 2.75) is 55.1 Å². The van der Waals surface area contributed by atoms with E-state index in [1.165, 1.54) is 16.9 Å². The first-order valence-corrected chi connectivity index (χ1v) is 8.06. The van der Waals surface area contributed by atoms with Gasteiger partial charge in [0.2, 0.25) is 0 Å². The minimum absolute atomic E-state index is 0.446. The fourth-order valence-electron chi connectivity index (χ4n) is 3.54. The van der Waals surface area contributed by atoms with Crippen LogP contribution in [0.5, 0.6) is 0 Å². The van der Waals surface area contributed by atoms with Crippen LogP contribution >= 0.6 is 11.8 Å². The quantitative estimate of drug-likeness (QED) is 0.902. The van der Waals surface area contributed by atoms with E-state index in [0.29, 0.717) is 5.25 Å². The van der Waals surface area contributed by atoms with Gasteiger partial charge in [-0.15, -0.1) is 11.8 Å². The van der Waals surface area contributed by atoms with E-state index in [0.717, 1.165) is 38.5 Å². The summed E-state index contributed by atoms with van der Waals surface area (Å²) < 4.78 is 0. The molecule has 1 atom stereocenters. The molecular weight excluding hydrogens is 256 g/mol. The Morgan fingerprint density at radius 1 is 1.26 bits per heavy atom. The first-order valence-electron chi connectivity index (χ1n) is 7.18. The second kappa shape index (κ2) is 5.20. The number of aliphatic carboxylic acids is 1. The summed E-state index contributed by atoms with van der Waals surface area (Å²) >= 11 is 1.88. The van der Waals surface area contributed by atoms with Gasteiger partial charge in [-0.1, -0.05) is 37.5 Å². The lowest BCUT2D eigenvalue weighted by Gasteiger charge is -2.35. The number of hydrogen-bond acceptors (Lipinski definition) is 2. The molecule has 1 fully saturated rings. The molecule has 0 aromatic heterocycles. The van der Waals surface area contributed by atoms with Gasteiger partial charge in [0.25, 0.3) is 0 Å². The van der Waals surface area contributed by atoms with Gasteiger partial charge in [-0.25, -0.2) is 0 Å². The summed E-state index contributed by atoms with van der Waals surface area (Å²) in [6.07, 6.45) is 6.98. The minimum atomic E-state index is -0.566. The molecule has 102 valence electrons. The van der Waals surface area contributed by atoms with Gasteiger partial charge in [0.15, 0.2) is 0 Å². The van der Waals surface area contributed by atoms with Crippen LogP contribution in [0.2, 0.25) is 0 Å². The van der Waals surface area contributed by atoms with E-state index in [1.54, 1.807) is 0 Å². The average molecular weight is 276 g/mol. The number of benzene rings is 1. The third kappa shape index (κ3) is 2.53. The highest BCUT2D eigenvalue weighted by molar-refractivity contribution is 8.00. The van der Waals surface area contributed by atoms with Crippen LogP contribution in [0, 0.1) is 5.41 Å². The third-order valence-electron chi connectivity index (χ3n) is 4.60. The predicted octanol–water partition coefficient (Wildman–Crippen LogP) is 4.13. The Morgan fingerprint density at radius 2 is 2.00 bits per heavy atom. The zero-order chi connectivity index (χ0) is 13.3. The van der Waals surface area contributed by atoms with E-state index < -0.39 is 11.4 Å². The lowest BCUT2D eigenvalue weighted by atomic mass is 9.71. The molecule has 19 heavy (non-hydrogen) atoms. The SMILES string of the molecule is O=C(O)C1(CC2Cc3ccccc3S2)CCCCC1. The maximum Gasteiger partial charge on any atom is 0.309 e. The van der Waals surface area contributed by atoms with E-state index in [4.69, 9.17) is 0 Å². The maximum absolute atomic E-state index is 11.7. The molecule has 2 aliphatic rings. The summed E-state index contributed by atoms with van der Waals surface area (Å²) in [5, 5.41) is 10.1. The van der Waals surface area contributed by atoms with Crippen LogP contribution in [0.25, 0.3) is 0 Å². The molecule has 0 amide bonds. The van der Waals surface area contributed by atoms with Gasteiger partial charge in [0.05, 0.1) is 5.41 Å². The highest BCUT2D eigenvalue weighted by atomic mass is 32.2. The molecule has 1 aliphatic carbocycles. The zero-order valence-electron chi connectivity index (χ0n) is 11.1. The molecule has 3 rings (SSSR count). The highest BCUT2D eigenvalue weighted by Gasteiger charge is 2.42. The van der Waals surface area contributed by atoms with Crippen LogP contribution in [-0.2, 0) is 11.2 Å². The molecule has 1 N–H and O–H groups in total. The number of carboxylic acid groups (broad SMARTS) is 1. The van der Waals surface area contributed by atoms with Crippen LogP contribution in [0.3, 0.4) is 0 Å². The lowest BCUT2D eigenvalue weighted by Crippen LogP contribution is -2.36. The van der Waals surface area contributed by atoms with Crippen LogP contribution in [-0.4, -0.2) is 16.3 Å². The molecule has 0 saturated heterocycles. The van der Waals surface area contributed by atoms with E-state index >= 15 is 0 Å². The number of hydrogen-bond donors (Lipinski definition) is 1. The molecule has 2 nitrogen and oxygen atoms in total. The predicted molar refractivity (Wildman–Crippen MR) is 77.6 cm³/mol. The van der Waals surface area contributed by atoms with Crippen molar-refractivity contribution in [1.82, 2.24) is 0 Å². The van der Waals surface area contributed by atoms with E-state index in [9.17, 15) is 9.90 Å². The topological polar surface area (TPSA) is 37.3 Å². The summed E-state index contributed by atoms with van der Waals surface area (Å²) in [5.74, 6) is -0.566. The van der Waals surface area contributed by atoms with Crippen molar-refractivity contribution in [3.8, 4) is 0 Å². The largest absolute Gasteiger partial charge is 0.481 e. The summed E-state index contributed by atoms with van der Waals surface area (Å²) in [4.78, 5) is 13.1. The molecular formula is C16H20O2S. The van der Waals surface area contributed by atoms with Gasteiger partial charge in [0.1, 0.15) is 0 Å². The lowest BCUT2D eigenvalue weighted by molar-refractivity contribution is -0.151. The molecule has 1 saturated carbocycles. The Morgan fingerprint density at radius 3 is 2.68 bits per heavy atom. The van der Waals surface area contributed by atoms with Crippen molar-refractivity contribution in [3.05, 3.63) is 29.8 Å². The van der Waals surface area contributed by atoms with E-state index in [1.807, 2.05) is 11.8 Å². The minimum Gasteiger partial charge on any atom is -0.481 e. The Hall–Kier alpha value is -0.960. The van der Waals surface area contributed by atoms with Gasteiger partial charge >= 0.3 is 5.97 Å². The highest BCUT2D eigenvalue weighted by Crippen LogP contribution is 2.47. The van der Waals surface area contributed by atoms with Crippen molar-refractivity contribution < 1.29 is 9.90 Å². The monoisotopic (exact) mass is 276 g/mol. The molecule has 0 bridgehead atoms. The van der Waals surface area contributed by atoms with Crippen molar-refractivity contribution in [2.75, 3.05) is 0 Å². The molecule has 1 aromatic carbocycles. The maximum atomic E-state index is 11.7. The van der Waals surface area contributed by atoms with Gasteiger partial charge in [-0.05, 0) is 37.3 Å². The van der Waals surface area contributed by atoms with Crippen LogP contribution in [0.1, 0.15) is 44.1 Å². The van der Waals surface area contributed by atoms with Crippen molar-refractivity contribution in [1.29, 1.82) is 0 Å². The Labute approximate surface area is 118 Å². The van der Waals surface area contributed by atoms with Gasteiger partial charge in [-0.2, -0.15) is 0 Å². The zero-order valence-corrected chi connectivity index (χ0v) is 11.9. The van der Waals surface area contributed by atoms with Gasteiger partial charge < -0.3 is 5.11 Å². The number of fused-ring (bicyclic) bond motifs is 1. The average Bonchev–Trinajstić information content (AvgIpc) is 2.81. The van der Waals surface area contributed by atoms with E-state index in [-0.39, 0.29) is 0 Å². The smallest absolute Gasteiger partial charge is 0.309 e. The Balaban J connectivity index is 1.73. The molecule has 0 spiro atoms. The summed E-state index contributed by atoms with van der Waals surface area (Å²) in [7, 11) is 0. The van der Waals surface area contributed by atoms with Crippen molar-refractivity contribution in [3.63, 3.8) is 0 Å². The molecule has 3 heteroatoms.